The molecule has 1 aliphatic heterocycles. The number of carbonyl (C=O) groups is 1. The number of nitrogens with zero attached hydrogens (tertiary/aromatic N) is 1. The van der Waals surface area contributed by atoms with Crippen LogP contribution >= 0.6 is 0 Å². The van der Waals surface area contributed by atoms with Gasteiger partial charge >= 0.3 is 6.03 Å². The summed E-state index contributed by atoms with van der Waals surface area (Å²) < 4.78 is 5.42. The third-order valence-corrected chi connectivity index (χ3v) is 4.76. The summed E-state index contributed by atoms with van der Waals surface area (Å²) in [6, 6.07) is 7.98. The maximum atomic E-state index is 12.1. The molecular weight excluding hydrogens is 306 g/mol. The van der Waals surface area contributed by atoms with Gasteiger partial charge < -0.3 is 25.4 Å². The molecule has 24 heavy (non-hydrogen) atoms. The molecule has 1 aliphatic rings. The quantitative estimate of drug-likeness (QED) is 0.743. The van der Waals surface area contributed by atoms with E-state index in [1.165, 1.54) is 0 Å². The lowest BCUT2D eigenvalue weighted by Crippen LogP contribution is -2.51. The molecule has 1 heterocycles. The third kappa shape index (κ3) is 4.77. The number of amides is 2. The second-order valence-electron chi connectivity index (χ2n) is 6.50. The topological polar surface area (TPSA) is 73.8 Å². The molecule has 0 aliphatic carbocycles. The summed E-state index contributed by atoms with van der Waals surface area (Å²) in [4.78, 5) is 14.4. The zero-order valence-corrected chi connectivity index (χ0v) is 14.8. The highest BCUT2D eigenvalue weighted by Gasteiger charge is 2.23. The fourth-order valence-electron chi connectivity index (χ4n) is 2.89. The summed E-state index contributed by atoms with van der Waals surface area (Å²) in [5.74, 6) is 0.927. The molecule has 3 N–H and O–H groups in total. The van der Waals surface area contributed by atoms with Crippen LogP contribution in [0.3, 0.4) is 0 Å². The van der Waals surface area contributed by atoms with Gasteiger partial charge in [-0.3, -0.25) is 0 Å². The molecule has 0 radical (unpaired) electrons. The molecule has 2 atom stereocenters. The molecule has 0 bridgehead atoms. The van der Waals surface area contributed by atoms with Crippen LogP contribution in [-0.2, 0) is 0 Å². The molecule has 2 rings (SSSR count). The first-order valence-electron chi connectivity index (χ1n) is 8.61. The van der Waals surface area contributed by atoms with E-state index in [1.807, 2.05) is 32.0 Å². The fourth-order valence-corrected chi connectivity index (χ4v) is 2.89. The normalized spacial score (nSPS) is 17.9. The average molecular weight is 335 g/mol. The number of rotatable bonds is 6. The highest BCUT2D eigenvalue weighted by Crippen LogP contribution is 2.29. The van der Waals surface area contributed by atoms with E-state index in [0.717, 1.165) is 37.4 Å². The second kappa shape index (κ2) is 8.78. The second-order valence-corrected chi connectivity index (χ2v) is 6.50. The van der Waals surface area contributed by atoms with Crippen LogP contribution in [0.25, 0.3) is 0 Å². The van der Waals surface area contributed by atoms with Crippen molar-refractivity contribution < 1.29 is 14.6 Å². The summed E-state index contributed by atoms with van der Waals surface area (Å²) in [5, 5.41) is 15.1. The van der Waals surface area contributed by atoms with Gasteiger partial charge in [-0.25, -0.2) is 4.79 Å². The van der Waals surface area contributed by atoms with Crippen molar-refractivity contribution in [2.75, 3.05) is 31.7 Å². The Morgan fingerprint density at radius 1 is 1.33 bits per heavy atom. The van der Waals surface area contributed by atoms with Gasteiger partial charge in [0.05, 0.1) is 12.8 Å². The number of benzene rings is 1. The van der Waals surface area contributed by atoms with Crippen LogP contribution in [0.2, 0.25) is 0 Å². The first kappa shape index (κ1) is 18.4. The van der Waals surface area contributed by atoms with E-state index in [4.69, 9.17) is 9.84 Å². The average Bonchev–Trinajstić information content (AvgIpc) is 2.61. The Hall–Kier alpha value is -1.95. The maximum Gasteiger partial charge on any atom is 0.315 e. The molecule has 2 unspecified atom stereocenters. The first-order valence-corrected chi connectivity index (χ1v) is 8.61. The number of hydrogen-bond acceptors (Lipinski definition) is 4. The lowest BCUT2D eigenvalue weighted by molar-refractivity contribution is 0.198. The molecule has 0 saturated carbocycles. The van der Waals surface area contributed by atoms with Crippen LogP contribution < -0.4 is 20.3 Å². The van der Waals surface area contributed by atoms with E-state index in [9.17, 15) is 4.79 Å². The number of para-hydroxylation sites is 2. The fraction of sp³-hybridized carbons (Fsp3) is 0.611. The highest BCUT2D eigenvalue weighted by molar-refractivity contribution is 5.74. The van der Waals surface area contributed by atoms with Crippen molar-refractivity contribution in [1.29, 1.82) is 0 Å². The Labute approximate surface area is 144 Å². The van der Waals surface area contributed by atoms with Crippen LogP contribution in [0.1, 0.15) is 26.7 Å². The van der Waals surface area contributed by atoms with Crippen LogP contribution in [0.5, 0.6) is 5.75 Å². The predicted octanol–water partition coefficient (Wildman–Crippen LogP) is 1.98. The van der Waals surface area contributed by atoms with Crippen molar-refractivity contribution in [3.63, 3.8) is 0 Å². The molecule has 0 aromatic heterocycles. The molecule has 1 fully saturated rings. The van der Waals surface area contributed by atoms with Crippen LogP contribution in [0, 0.1) is 5.92 Å². The number of urea groups is 1. The van der Waals surface area contributed by atoms with Gasteiger partial charge in [-0.2, -0.15) is 0 Å². The van der Waals surface area contributed by atoms with Crippen molar-refractivity contribution in [3.8, 4) is 5.75 Å². The summed E-state index contributed by atoms with van der Waals surface area (Å²) in [6.45, 7) is 5.65. The van der Waals surface area contributed by atoms with Gasteiger partial charge in [0.2, 0.25) is 0 Å². The molecule has 6 nitrogen and oxygen atoms in total. The standard InChI is InChI=1S/C18H29N3O3/c1-13(12-22)14(2)19-18(23)20-15-8-10-21(11-9-15)16-6-4-5-7-17(16)24-3/h4-7,13-15,22H,8-12H2,1-3H3,(H2,19,20,23). The summed E-state index contributed by atoms with van der Waals surface area (Å²) in [6.07, 6.45) is 1.80. The van der Waals surface area contributed by atoms with Crippen LogP contribution in [0.4, 0.5) is 10.5 Å². The van der Waals surface area contributed by atoms with E-state index >= 15 is 0 Å². The molecule has 2 amide bonds. The number of ether oxygens (including phenoxy) is 1. The van der Waals surface area contributed by atoms with Gasteiger partial charge in [-0.1, -0.05) is 19.1 Å². The van der Waals surface area contributed by atoms with Gasteiger partial charge in [-0.05, 0) is 37.8 Å². The molecule has 134 valence electrons. The number of carbonyl (C=O) groups excluding carboxylic acids is 1. The number of hydrogen-bond donors (Lipinski definition) is 3. The molecule has 0 spiro atoms. The Balaban J connectivity index is 1.81. The van der Waals surface area contributed by atoms with Crippen LogP contribution in [-0.4, -0.2) is 50.0 Å². The van der Waals surface area contributed by atoms with Gasteiger partial charge in [0, 0.05) is 31.8 Å². The Morgan fingerprint density at radius 3 is 2.62 bits per heavy atom. The predicted molar refractivity (Wildman–Crippen MR) is 95.6 cm³/mol. The minimum Gasteiger partial charge on any atom is -0.495 e. The number of piperidine rings is 1. The number of aliphatic hydroxyl groups excluding tert-OH is 1. The largest absolute Gasteiger partial charge is 0.495 e. The Kier molecular flexibility index (Phi) is 6.73. The van der Waals surface area contributed by atoms with Crippen molar-refractivity contribution in [2.45, 2.75) is 38.8 Å². The minimum absolute atomic E-state index is 0.0446. The number of anilines is 1. The van der Waals surface area contributed by atoms with E-state index in [-0.39, 0.29) is 30.6 Å². The van der Waals surface area contributed by atoms with Gasteiger partial charge in [0.25, 0.3) is 0 Å². The molecule has 1 saturated heterocycles. The number of nitrogens with one attached hydrogen (secondary N) is 2. The van der Waals surface area contributed by atoms with E-state index in [1.54, 1.807) is 7.11 Å². The lowest BCUT2D eigenvalue weighted by atomic mass is 10.0. The summed E-state index contributed by atoms with van der Waals surface area (Å²) >= 11 is 0. The van der Waals surface area contributed by atoms with Crippen molar-refractivity contribution in [1.82, 2.24) is 10.6 Å². The monoisotopic (exact) mass is 335 g/mol. The molecule has 1 aromatic carbocycles. The Morgan fingerprint density at radius 2 is 2.00 bits per heavy atom. The van der Waals surface area contributed by atoms with Gasteiger partial charge in [-0.15, -0.1) is 0 Å². The van der Waals surface area contributed by atoms with Gasteiger partial charge in [0.15, 0.2) is 0 Å². The zero-order chi connectivity index (χ0) is 17.5. The minimum atomic E-state index is -0.154. The maximum absolute atomic E-state index is 12.1. The third-order valence-electron chi connectivity index (χ3n) is 4.76. The number of aliphatic hydroxyl groups is 1. The first-order chi connectivity index (χ1) is 11.5. The summed E-state index contributed by atoms with van der Waals surface area (Å²) in [5.41, 5.74) is 1.10. The zero-order valence-electron chi connectivity index (χ0n) is 14.8. The SMILES string of the molecule is COc1ccccc1N1CCC(NC(=O)NC(C)C(C)CO)CC1. The molecule has 1 aromatic rings. The molecule has 6 heteroatoms. The van der Waals surface area contributed by atoms with E-state index in [0.29, 0.717) is 0 Å². The van der Waals surface area contributed by atoms with E-state index < -0.39 is 0 Å². The summed E-state index contributed by atoms with van der Waals surface area (Å²) in [7, 11) is 1.69. The van der Waals surface area contributed by atoms with Crippen molar-refractivity contribution >= 4 is 11.7 Å². The highest BCUT2D eigenvalue weighted by atomic mass is 16.5. The number of methoxy groups -OCH3 is 1. The lowest BCUT2D eigenvalue weighted by Gasteiger charge is -2.34. The van der Waals surface area contributed by atoms with E-state index in [2.05, 4.69) is 21.6 Å². The Bertz CT molecular complexity index is 530. The molecular formula is C18H29N3O3. The van der Waals surface area contributed by atoms with Crippen LogP contribution in [0.15, 0.2) is 24.3 Å². The smallest absolute Gasteiger partial charge is 0.315 e. The van der Waals surface area contributed by atoms with Crippen molar-refractivity contribution in [2.24, 2.45) is 5.92 Å². The van der Waals surface area contributed by atoms with Crippen molar-refractivity contribution in [3.05, 3.63) is 24.3 Å². The van der Waals surface area contributed by atoms with Gasteiger partial charge in [0.1, 0.15) is 5.75 Å².